The largest absolute Gasteiger partial charge is 0.507 e. The van der Waals surface area contributed by atoms with Gasteiger partial charge in [-0.25, -0.2) is 10.0 Å². The zero-order valence-corrected chi connectivity index (χ0v) is 10.1. The molecule has 0 amide bonds. The number of phenolic OH excluding ortho intramolecular Hbond substituents is 1. The van der Waals surface area contributed by atoms with Crippen molar-refractivity contribution in [2.75, 3.05) is 17.3 Å². The zero-order valence-electron chi connectivity index (χ0n) is 9.29. The summed E-state index contributed by atoms with van der Waals surface area (Å²) in [5, 5.41) is 9.86. The van der Waals surface area contributed by atoms with Crippen molar-refractivity contribution in [1.82, 2.24) is 0 Å². The lowest BCUT2D eigenvalue weighted by Crippen LogP contribution is -2.09. The first kappa shape index (κ1) is 11.4. The second-order valence-electron chi connectivity index (χ2n) is 3.38. The van der Waals surface area contributed by atoms with Gasteiger partial charge in [-0.3, -0.25) is 0 Å². The zero-order chi connectivity index (χ0) is 10.6. The summed E-state index contributed by atoms with van der Waals surface area (Å²) in [5.41, 5.74) is 0. The van der Waals surface area contributed by atoms with Crippen molar-refractivity contribution >= 4 is 10.0 Å². The van der Waals surface area contributed by atoms with Crippen molar-refractivity contribution in [3.8, 4) is 5.75 Å². The molecular formula is C12H20OS. The molecule has 0 aliphatic heterocycles. The first-order valence-electron chi connectivity index (χ1n) is 5.24. The lowest BCUT2D eigenvalue weighted by molar-refractivity contribution is 0.462. The Hall–Kier alpha value is -0.630. The van der Waals surface area contributed by atoms with E-state index in [1.54, 1.807) is 6.07 Å². The number of para-hydroxylation sites is 1. The van der Waals surface area contributed by atoms with E-state index in [1.807, 2.05) is 12.1 Å². The summed E-state index contributed by atoms with van der Waals surface area (Å²) >= 11 is 0. The number of hydrogen-bond donors (Lipinski definition) is 1. The summed E-state index contributed by atoms with van der Waals surface area (Å²) in [7, 11) is -0.770. The lowest BCUT2D eigenvalue weighted by atomic mass is 10.3. The van der Waals surface area contributed by atoms with Gasteiger partial charge in [0.15, 0.2) is 0 Å². The first-order valence-corrected chi connectivity index (χ1v) is 7.38. The lowest BCUT2D eigenvalue weighted by Gasteiger charge is -2.38. The minimum absolute atomic E-state index is 0.480. The third kappa shape index (κ3) is 1.90. The van der Waals surface area contributed by atoms with Crippen LogP contribution in [-0.4, -0.2) is 22.4 Å². The molecule has 0 heterocycles. The Kier molecular flexibility index (Phi) is 3.87. The minimum atomic E-state index is -0.770. The van der Waals surface area contributed by atoms with Crippen LogP contribution in [0.5, 0.6) is 5.75 Å². The van der Waals surface area contributed by atoms with Crippen LogP contribution in [0.3, 0.4) is 0 Å². The van der Waals surface area contributed by atoms with Crippen LogP contribution < -0.4 is 0 Å². The van der Waals surface area contributed by atoms with E-state index < -0.39 is 10.0 Å². The van der Waals surface area contributed by atoms with Crippen molar-refractivity contribution in [1.29, 1.82) is 0 Å². The molecule has 1 nitrogen and oxygen atoms in total. The third-order valence-corrected chi connectivity index (χ3v) is 7.58. The highest BCUT2D eigenvalue weighted by molar-refractivity contribution is 8.33. The van der Waals surface area contributed by atoms with Gasteiger partial charge in [-0.15, -0.1) is 0 Å². The van der Waals surface area contributed by atoms with Gasteiger partial charge in [-0.1, -0.05) is 32.9 Å². The third-order valence-electron chi connectivity index (χ3n) is 2.99. The van der Waals surface area contributed by atoms with E-state index in [1.165, 1.54) is 4.90 Å². The summed E-state index contributed by atoms with van der Waals surface area (Å²) in [6.07, 6.45) is 0. The van der Waals surface area contributed by atoms with Crippen LogP contribution in [0.2, 0.25) is 0 Å². The number of hydrogen-bond acceptors (Lipinski definition) is 1. The molecule has 2 heteroatoms. The van der Waals surface area contributed by atoms with Gasteiger partial charge in [0, 0.05) is 4.90 Å². The van der Waals surface area contributed by atoms with E-state index in [9.17, 15) is 5.11 Å². The van der Waals surface area contributed by atoms with Crippen LogP contribution in [0.25, 0.3) is 0 Å². The van der Waals surface area contributed by atoms with Crippen LogP contribution in [0.4, 0.5) is 0 Å². The second-order valence-corrected chi connectivity index (χ2v) is 7.64. The van der Waals surface area contributed by atoms with Crippen molar-refractivity contribution in [2.45, 2.75) is 25.7 Å². The molecule has 14 heavy (non-hydrogen) atoms. The van der Waals surface area contributed by atoms with Crippen LogP contribution in [0.1, 0.15) is 20.8 Å². The molecule has 80 valence electrons. The van der Waals surface area contributed by atoms with Crippen LogP contribution in [-0.2, 0) is 0 Å². The summed E-state index contributed by atoms with van der Waals surface area (Å²) < 4.78 is 0. The highest BCUT2D eigenvalue weighted by Crippen LogP contribution is 2.57. The van der Waals surface area contributed by atoms with E-state index >= 15 is 0 Å². The summed E-state index contributed by atoms with van der Waals surface area (Å²) in [6, 6.07) is 7.81. The Morgan fingerprint density at radius 2 is 1.50 bits per heavy atom. The topological polar surface area (TPSA) is 20.2 Å². The Morgan fingerprint density at radius 1 is 1.00 bits per heavy atom. The van der Waals surface area contributed by atoms with Gasteiger partial charge in [0.05, 0.1) is 0 Å². The number of aromatic hydroxyl groups is 1. The van der Waals surface area contributed by atoms with Crippen LogP contribution in [0.15, 0.2) is 29.2 Å². The van der Waals surface area contributed by atoms with Gasteiger partial charge in [-0.2, -0.15) is 0 Å². The molecule has 0 aromatic heterocycles. The van der Waals surface area contributed by atoms with Crippen molar-refractivity contribution < 1.29 is 5.11 Å². The Bertz CT molecular complexity index is 284. The van der Waals surface area contributed by atoms with Crippen molar-refractivity contribution in [3.05, 3.63) is 24.3 Å². The highest BCUT2D eigenvalue weighted by atomic mass is 32.3. The molecule has 0 atom stereocenters. The van der Waals surface area contributed by atoms with E-state index in [0.29, 0.717) is 5.75 Å². The van der Waals surface area contributed by atoms with Crippen LogP contribution >= 0.6 is 10.0 Å². The van der Waals surface area contributed by atoms with Crippen molar-refractivity contribution in [3.63, 3.8) is 0 Å². The predicted molar refractivity (Wildman–Crippen MR) is 65.6 cm³/mol. The molecule has 0 saturated carbocycles. The molecule has 1 aromatic carbocycles. The average Bonchev–Trinajstić information content (AvgIpc) is 2.24. The molecule has 1 aromatic rings. The second kappa shape index (κ2) is 4.74. The number of phenols is 1. The average molecular weight is 212 g/mol. The molecule has 1 N–H and O–H groups in total. The van der Waals surface area contributed by atoms with Gasteiger partial charge >= 0.3 is 0 Å². The van der Waals surface area contributed by atoms with Crippen molar-refractivity contribution in [2.24, 2.45) is 0 Å². The molecule has 0 saturated heterocycles. The van der Waals surface area contributed by atoms with E-state index in [-0.39, 0.29) is 0 Å². The molecule has 0 radical (unpaired) electrons. The Morgan fingerprint density at radius 3 is 1.93 bits per heavy atom. The van der Waals surface area contributed by atoms with Gasteiger partial charge in [0.2, 0.25) is 0 Å². The Labute approximate surface area is 88.5 Å². The smallest absolute Gasteiger partial charge is 0.127 e. The van der Waals surface area contributed by atoms with Gasteiger partial charge in [0.25, 0.3) is 0 Å². The number of rotatable bonds is 4. The normalized spacial score (nSPS) is 12.8. The predicted octanol–water partition coefficient (Wildman–Crippen LogP) is 3.62. The molecule has 0 spiro atoms. The molecule has 0 fully saturated rings. The minimum Gasteiger partial charge on any atom is -0.507 e. The Balaban J connectivity index is 3.17. The highest BCUT2D eigenvalue weighted by Gasteiger charge is 2.22. The van der Waals surface area contributed by atoms with Gasteiger partial charge in [0.1, 0.15) is 5.75 Å². The fourth-order valence-electron chi connectivity index (χ4n) is 1.90. The summed E-state index contributed by atoms with van der Waals surface area (Å²) in [6.45, 7) is 6.69. The molecule has 0 unspecified atom stereocenters. The SMILES string of the molecule is CCS(CC)(CC)c1ccccc1O. The standard InChI is InChI=1S/C12H20OS/c1-4-14(5-2,6-3)12-10-8-7-9-11(12)13/h7-10,13H,4-6H2,1-3H3. The summed E-state index contributed by atoms with van der Waals surface area (Å²) in [4.78, 5) is 1.19. The van der Waals surface area contributed by atoms with Gasteiger partial charge in [-0.05, 0) is 29.4 Å². The molecule has 1 rings (SSSR count). The first-order chi connectivity index (χ1) is 6.70. The maximum absolute atomic E-state index is 9.86. The van der Waals surface area contributed by atoms with Crippen LogP contribution in [0, 0.1) is 0 Å². The molecule has 0 aliphatic carbocycles. The monoisotopic (exact) mass is 212 g/mol. The maximum atomic E-state index is 9.86. The van der Waals surface area contributed by atoms with E-state index in [4.69, 9.17) is 0 Å². The van der Waals surface area contributed by atoms with E-state index in [2.05, 4.69) is 26.8 Å². The molecule has 0 aliphatic rings. The molecular weight excluding hydrogens is 192 g/mol. The molecule has 0 bridgehead atoms. The summed E-state index contributed by atoms with van der Waals surface area (Å²) in [5.74, 6) is 3.97. The maximum Gasteiger partial charge on any atom is 0.127 e. The van der Waals surface area contributed by atoms with Gasteiger partial charge < -0.3 is 5.11 Å². The quantitative estimate of drug-likeness (QED) is 0.808. The fourth-order valence-corrected chi connectivity index (χ4v) is 4.94. The number of benzene rings is 1. The van der Waals surface area contributed by atoms with E-state index in [0.717, 1.165) is 17.3 Å². The fraction of sp³-hybridized carbons (Fsp3) is 0.500.